The molecule has 0 amide bonds. The number of rotatable bonds is 5. The van der Waals surface area contributed by atoms with Crippen LogP contribution in [0.15, 0.2) is 18.2 Å². The van der Waals surface area contributed by atoms with E-state index in [1.807, 2.05) is 6.92 Å². The van der Waals surface area contributed by atoms with E-state index in [-0.39, 0.29) is 5.56 Å². The number of nitrogens with zero attached hydrogens (tertiary/aromatic N) is 1. The van der Waals surface area contributed by atoms with Crippen molar-refractivity contribution in [1.82, 2.24) is 0 Å². The molecule has 0 aliphatic carbocycles. The second-order valence-electron chi connectivity index (χ2n) is 4.91. The summed E-state index contributed by atoms with van der Waals surface area (Å²) in [5, 5.41) is 19.0. The second-order valence-corrected chi connectivity index (χ2v) is 4.91. The monoisotopic (exact) mass is 252 g/mol. The summed E-state index contributed by atoms with van der Waals surface area (Å²) in [6, 6.07) is 4.67. The van der Waals surface area contributed by atoms with Crippen LogP contribution in [-0.4, -0.2) is 34.9 Å². The van der Waals surface area contributed by atoms with Crippen molar-refractivity contribution in [1.29, 1.82) is 0 Å². The summed E-state index contributed by atoms with van der Waals surface area (Å²) < 4.78 is 0. The largest absolute Gasteiger partial charge is 0.478 e. The molecule has 1 rings (SSSR count). The summed E-state index contributed by atoms with van der Waals surface area (Å²) in [5.74, 6) is -1.00. The second kappa shape index (κ2) is 5.27. The van der Waals surface area contributed by atoms with E-state index in [4.69, 9.17) is 10.8 Å². The Kier molecular flexibility index (Phi) is 4.19. The van der Waals surface area contributed by atoms with Gasteiger partial charge >= 0.3 is 5.97 Å². The summed E-state index contributed by atoms with van der Waals surface area (Å²) in [6.07, 6.45) is 0. The molecule has 0 bridgehead atoms. The maximum absolute atomic E-state index is 11.2. The fourth-order valence-corrected chi connectivity index (χ4v) is 1.83. The molecule has 0 saturated carbocycles. The third-order valence-electron chi connectivity index (χ3n) is 2.55. The number of carboxylic acids is 1. The maximum atomic E-state index is 11.2. The fourth-order valence-electron chi connectivity index (χ4n) is 1.83. The molecule has 0 aromatic heterocycles. The van der Waals surface area contributed by atoms with E-state index in [2.05, 4.69) is 0 Å². The molecular weight excluding hydrogens is 232 g/mol. The Labute approximate surface area is 107 Å². The molecule has 5 heteroatoms. The number of nitrogen functional groups attached to an aromatic ring is 1. The predicted octanol–water partition coefficient (Wildman–Crippen LogP) is 1.56. The summed E-state index contributed by atoms with van der Waals surface area (Å²) in [4.78, 5) is 13.0. The van der Waals surface area contributed by atoms with Crippen molar-refractivity contribution < 1.29 is 15.0 Å². The number of anilines is 2. The molecule has 0 spiro atoms. The minimum absolute atomic E-state index is 0.190. The Morgan fingerprint density at radius 2 is 2.06 bits per heavy atom. The first kappa shape index (κ1) is 14.3. The predicted molar refractivity (Wildman–Crippen MR) is 72.0 cm³/mol. The first-order chi connectivity index (χ1) is 8.24. The van der Waals surface area contributed by atoms with Gasteiger partial charge in [0.25, 0.3) is 0 Å². The van der Waals surface area contributed by atoms with Gasteiger partial charge in [-0.1, -0.05) is 0 Å². The topological polar surface area (TPSA) is 86.8 Å². The molecule has 0 aliphatic rings. The van der Waals surface area contributed by atoms with Gasteiger partial charge in [0.05, 0.1) is 16.9 Å². The number of benzene rings is 1. The zero-order valence-electron chi connectivity index (χ0n) is 11.0. The normalized spacial score (nSPS) is 11.3. The minimum atomic E-state index is -1.00. The maximum Gasteiger partial charge on any atom is 0.337 e. The SMILES string of the molecule is CCN(CC(C)(C)O)c1cc(N)ccc1C(=O)O. The Hall–Kier alpha value is -1.75. The fraction of sp³-hybridized carbons (Fsp3) is 0.462. The van der Waals surface area contributed by atoms with Crippen molar-refractivity contribution in [2.24, 2.45) is 0 Å². The van der Waals surface area contributed by atoms with E-state index in [1.54, 1.807) is 30.9 Å². The summed E-state index contributed by atoms with van der Waals surface area (Å²) in [7, 11) is 0. The molecule has 0 radical (unpaired) electrons. The molecule has 18 heavy (non-hydrogen) atoms. The zero-order chi connectivity index (χ0) is 13.9. The van der Waals surface area contributed by atoms with Crippen molar-refractivity contribution in [3.63, 3.8) is 0 Å². The van der Waals surface area contributed by atoms with Crippen LogP contribution in [0.1, 0.15) is 31.1 Å². The Morgan fingerprint density at radius 1 is 1.44 bits per heavy atom. The van der Waals surface area contributed by atoms with Gasteiger partial charge < -0.3 is 20.8 Å². The van der Waals surface area contributed by atoms with Crippen molar-refractivity contribution in [2.45, 2.75) is 26.4 Å². The summed E-state index contributed by atoms with van der Waals surface area (Å²) in [5.41, 5.74) is 6.02. The van der Waals surface area contributed by atoms with Gasteiger partial charge in [-0.2, -0.15) is 0 Å². The highest BCUT2D eigenvalue weighted by Gasteiger charge is 2.21. The van der Waals surface area contributed by atoms with Crippen molar-refractivity contribution in [3.05, 3.63) is 23.8 Å². The van der Waals surface area contributed by atoms with Gasteiger partial charge in [-0.25, -0.2) is 4.79 Å². The first-order valence-electron chi connectivity index (χ1n) is 5.84. The van der Waals surface area contributed by atoms with E-state index in [0.29, 0.717) is 24.5 Å². The lowest BCUT2D eigenvalue weighted by Gasteiger charge is -2.31. The lowest BCUT2D eigenvalue weighted by Crippen LogP contribution is -2.39. The molecule has 0 heterocycles. The van der Waals surface area contributed by atoms with Crippen LogP contribution in [0.2, 0.25) is 0 Å². The molecule has 0 fully saturated rings. The van der Waals surface area contributed by atoms with Crippen LogP contribution >= 0.6 is 0 Å². The molecule has 0 aliphatic heterocycles. The van der Waals surface area contributed by atoms with Crippen LogP contribution in [0.4, 0.5) is 11.4 Å². The van der Waals surface area contributed by atoms with Gasteiger partial charge in [0.15, 0.2) is 0 Å². The van der Waals surface area contributed by atoms with Crippen molar-refractivity contribution >= 4 is 17.3 Å². The molecule has 0 unspecified atom stereocenters. The number of carbonyl (C=O) groups is 1. The summed E-state index contributed by atoms with van der Waals surface area (Å²) in [6.45, 7) is 6.20. The standard InChI is InChI=1S/C13H20N2O3/c1-4-15(8-13(2,3)18)11-7-9(14)5-6-10(11)12(16)17/h5-7,18H,4,8,14H2,1-3H3,(H,16,17). The van der Waals surface area contributed by atoms with Crippen LogP contribution in [0, 0.1) is 0 Å². The number of hydrogen-bond acceptors (Lipinski definition) is 4. The quantitative estimate of drug-likeness (QED) is 0.692. The molecule has 0 saturated heterocycles. The van der Waals surface area contributed by atoms with Gasteiger partial charge in [-0.05, 0) is 39.0 Å². The highest BCUT2D eigenvalue weighted by Crippen LogP contribution is 2.25. The van der Waals surface area contributed by atoms with Crippen LogP contribution in [0.5, 0.6) is 0 Å². The highest BCUT2D eigenvalue weighted by molar-refractivity contribution is 5.95. The number of nitrogens with two attached hydrogens (primary N) is 1. The average molecular weight is 252 g/mol. The minimum Gasteiger partial charge on any atom is -0.478 e. The van der Waals surface area contributed by atoms with Gasteiger partial charge in [0.2, 0.25) is 0 Å². The smallest absolute Gasteiger partial charge is 0.337 e. The molecule has 1 aromatic carbocycles. The Morgan fingerprint density at radius 3 is 2.50 bits per heavy atom. The average Bonchev–Trinajstić information content (AvgIpc) is 2.24. The Balaban J connectivity index is 3.19. The number of hydrogen-bond donors (Lipinski definition) is 3. The number of carboxylic acid groups (broad SMARTS) is 1. The van der Waals surface area contributed by atoms with E-state index in [9.17, 15) is 9.90 Å². The van der Waals surface area contributed by atoms with Crippen molar-refractivity contribution in [3.8, 4) is 0 Å². The zero-order valence-corrected chi connectivity index (χ0v) is 11.0. The van der Waals surface area contributed by atoms with Gasteiger partial charge in [0.1, 0.15) is 0 Å². The van der Waals surface area contributed by atoms with Crippen LogP contribution in [-0.2, 0) is 0 Å². The van der Waals surface area contributed by atoms with Gasteiger partial charge in [-0.15, -0.1) is 0 Å². The molecule has 0 atom stereocenters. The number of likely N-dealkylation sites (N-methyl/N-ethyl adjacent to an activating group) is 1. The van der Waals surface area contributed by atoms with E-state index >= 15 is 0 Å². The molecule has 4 N–H and O–H groups in total. The summed E-state index contributed by atoms with van der Waals surface area (Å²) >= 11 is 0. The molecular formula is C13H20N2O3. The number of aromatic carboxylic acids is 1. The van der Waals surface area contributed by atoms with Crippen LogP contribution < -0.4 is 10.6 Å². The molecule has 1 aromatic rings. The first-order valence-corrected chi connectivity index (χ1v) is 5.84. The lowest BCUT2D eigenvalue weighted by molar-refractivity contribution is 0.0694. The highest BCUT2D eigenvalue weighted by atomic mass is 16.4. The third-order valence-corrected chi connectivity index (χ3v) is 2.55. The third kappa shape index (κ3) is 3.63. The van der Waals surface area contributed by atoms with E-state index < -0.39 is 11.6 Å². The van der Waals surface area contributed by atoms with E-state index in [0.717, 1.165) is 0 Å². The number of aliphatic hydroxyl groups is 1. The lowest BCUT2D eigenvalue weighted by atomic mass is 10.1. The van der Waals surface area contributed by atoms with Crippen LogP contribution in [0.3, 0.4) is 0 Å². The van der Waals surface area contributed by atoms with Gasteiger partial charge in [0, 0.05) is 18.8 Å². The molecule has 5 nitrogen and oxygen atoms in total. The van der Waals surface area contributed by atoms with Gasteiger partial charge in [-0.3, -0.25) is 0 Å². The molecule has 100 valence electrons. The van der Waals surface area contributed by atoms with Crippen molar-refractivity contribution in [2.75, 3.05) is 23.7 Å². The Bertz CT molecular complexity index is 438. The van der Waals surface area contributed by atoms with E-state index in [1.165, 1.54) is 6.07 Å². The van der Waals surface area contributed by atoms with Crippen LogP contribution in [0.25, 0.3) is 0 Å².